The third-order valence-electron chi connectivity index (χ3n) is 3.10. The van der Waals surface area contributed by atoms with E-state index in [1.165, 1.54) is 0 Å². The third-order valence-corrected chi connectivity index (χ3v) is 3.42. The SMILES string of the molecule is CCCOCC[N+](C)(CCCS)CCOCCC.[Br-]. The highest BCUT2D eigenvalue weighted by Crippen LogP contribution is 2.05. The smallest absolute Gasteiger partial charge is 0.102 e. The Bertz CT molecular complexity index is 173. The second-order valence-electron chi connectivity index (χ2n) is 5.09. The van der Waals surface area contributed by atoms with Crippen molar-refractivity contribution in [1.29, 1.82) is 0 Å². The molecule has 0 aromatic heterocycles. The molecule has 0 heterocycles. The zero-order chi connectivity index (χ0) is 13.7. The fourth-order valence-electron chi connectivity index (χ4n) is 1.85. The molecule has 0 fully saturated rings. The summed E-state index contributed by atoms with van der Waals surface area (Å²) in [4.78, 5) is 0. The van der Waals surface area contributed by atoms with Gasteiger partial charge in [-0.3, -0.25) is 0 Å². The molecule has 0 amide bonds. The molecule has 19 heavy (non-hydrogen) atoms. The van der Waals surface area contributed by atoms with Crippen LogP contribution in [-0.2, 0) is 9.47 Å². The minimum absolute atomic E-state index is 0. The number of rotatable bonds is 13. The van der Waals surface area contributed by atoms with Gasteiger partial charge in [0.15, 0.2) is 0 Å². The van der Waals surface area contributed by atoms with Gasteiger partial charge in [-0.1, -0.05) is 13.8 Å². The lowest BCUT2D eigenvalue weighted by molar-refractivity contribution is -0.910. The van der Waals surface area contributed by atoms with E-state index in [0.29, 0.717) is 0 Å². The summed E-state index contributed by atoms with van der Waals surface area (Å²) in [7, 11) is 2.30. The molecule has 118 valence electrons. The monoisotopic (exact) mass is 357 g/mol. The normalized spacial score (nSPS) is 11.4. The number of ether oxygens (including phenoxy) is 2. The molecule has 0 saturated carbocycles. The van der Waals surface area contributed by atoms with Gasteiger partial charge in [0.25, 0.3) is 0 Å². The Kier molecular flexibility index (Phi) is 17.5. The van der Waals surface area contributed by atoms with Crippen molar-refractivity contribution in [1.82, 2.24) is 0 Å². The molecule has 0 aliphatic rings. The molecule has 3 nitrogen and oxygen atoms in total. The first-order chi connectivity index (χ1) is 8.68. The molecule has 0 aromatic carbocycles. The van der Waals surface area contributed by atoms with Gasteiger partial charge in [0, 0.05) is 19.6 Å². The van der Waals surface area contributed by atoms with Crippen LogP contribution in [0.2, 0.25) is 0 Å². The van der Waals surface area contributed by atoms with Crippen LogP contribution in [0.15, 0.2) is 0 Å². The molecule has 0 rings (SSSR count). The maximum absolute atomic E-state index is 5.61. The van der Waals surface area contributed by atoms with Crippen LogP contribution < -0.4 is 17.0 Å². The largest absolute Gasteiger partial charge is 1.00 e. The number of hydrogen-bond acceptors (Lipinski definition) is 3. The van der Waals surface area contributed by atoms with Crippen molar-refractivity contribution in [2.75, 3.05) is 58.9 Å². The number of halogens is 1. The summed E-state index contributed by atoms with van der Waals surface area (Å²) in [6, 6.07) is 0. The summed E-state index contributed by atoms with van der Waals surface area (Å²) in [6.07, 6.45) is 3.35. The average Bonchev–Trinajstić information content (AvgIpc) is 2.38. The van der Waals surface area contributed by atoms with E-state index in [1.807, 2.05) is 0 Å². The van der Waals surface area contributed by atoms with Crippen molar-refractivity contribution in [3.05, 3.63) is 0 Å². The summed E-state index contributed by atoms with van der Waals surface area (Å²) in [6.45, 7) is 11.1. The quantitative estimate of drug-likeness (QED) is 0.275. The van der Waals surface area contributed by atoms with Gasteiger partial charge in [0.05, 0.1) is 26.8 Å². The average molecular weight is 358 g/mol. The molecule has 0 aromatic rings. The number of thiol groups is 1. The van der Waals surface area contributed by atoms with Gasteiger partial charge >= 0.3 is 0 Å². The van der Waals surface area contributed by atoms with Crippen LogP contribution in [0, 0.1) is 0 Å². The van der Waals surface area contributed by atoms with Crippen LogP contribution in [0.4, 0.5) is 0 Å². The van der Waals surface area contributed by atoms with Crippen LogP contribution in [-0.4, -0.2) is 63.3 Å². The summed E-state index contributed by atoms with van der Waals surface area (Å²) < 4.78 is 12.3. The minimum atomic E-state index is 0. The van der Waals surface area contributed by atoms with Crippen molar-refractivity contribution >= 4 is 12.6 Å². The van der Waals surface area contributed by atoms with Crippen LogP contribution >= 0.6 is 12.6 Å². The molecule has 0 aliphatic heterocycles. The van der Waals surface area contributed by atoms with E-state index in [4.69, 9.17) is 9.47 Å². The van der Waals surface area contributed by atoms with E-state index in [0.717, 1.165) is 75.6 Å². The van der Waals surface area contributed by atoms with Crippen molar-refractivity contribution < 1.29 is 30.9 Å². The first-order valence-corrected chi connectivity index (χ1v) is 7.91. The lowest BCUT2D eigenvalue weighted by atomic mass is 10.3. The first kappa shape index (κ1) is 22.0. The summed E-state index contributed by atoms with van der Waals surface area (Å²) in [5, 5.41) is 0. The summed E-state index contributed by atoms with van der Waals surface area (Å²) in [5.41, 5.74) is 0. The molecule has 0 spiro atoms. The van der Waals surface area contributed by atoms with Crippen LogP contribution in [0.25, 0.3) is 0 Å². The minimum Gasteiger partial charge on any atom is -1.00 e. The highest BCUT2D eigenvalue weighted by atomic mass is 79.9. The Balaban J connectivity index is 0. The van der Waals surface area contributed by atoms with Gasteiger partial charge < -0.3 is 30.9 Å². The second-order valence-corrected chi connectivity index (χ2v) is 5.54. The van der Waals surface area contributed by atoms with Gasteiger partial charge in [-0.05, 0) is 18.6 Å². The predicted octanol–water partition coefficient (Wildman–Crippen LogP) is -0.390. The number of nitrogens with zero attached hydrogens (tertiary/aromatic N) is 1. The standard InChI is InChI=1S/C14H31NO2S.BrH/c1-4-10-16-12-8-15(3,7-6-14-18)9-13-17-11-5-2;/h4-14H2,1-3H3;1H. The van der Waals surface area contributed by atoms with Crippen molar-refractivity contribution in [3.63, 3.8) is 0 Å². The summed E-state index contributed by atoms with van der Waals surface area (Å²) in [5.74, 6) is 0.958. The number of hydrogen-bond donors (Lipinski definition) is 1. The van der Waals surface area contributed by atoms with Gasteiger partial charge in [-0.25, -0.2) is 0 Å². The van der Waals surface area contributed by atoms with Crippen molar-refractivity contribution in [2.24, 2.45) is 0 Å². The van der Waals surface area contributed by atoms with Crippen LogP contribution in [0.5, 0.6) is 0 Å². The highest BCUT2D eigenvalue weighted by molar-refractivity contribution is 7.80. The summed E-state index contributed by atoms with van der Waals surface area (Å²) >= 11 is 4.31. The Morgan fingerprint density at radius 2 is 1.32 bits per heavy atom. The molecule has 0 aliphatic carbocycles. The lowest BCUT2D eigenvalue weighted by Gasteiger charge is -2.34. The Hall–Kier alpha value is 0.710. The van der Waals surface area contributed by atoms with Gasteiger partial charge in [0.2, 0.25) is 0 Å². The van der Waals surface area contributed by atoms with Crippen molar-refractivity contribution in [3.8, 4) is 0 Å². The molecule has 0 unspecified atom stereocenters. The maximum Gasteiger partial charge on any atom is 0.102 e. The fourth-order valence-corrected chi connectivity index (χ4v) is 1.99. The number of likely N-dealkylation sites (N-methyl/N-ethyl adjacent to an activating group) is 1. The molecule has 0 radical (unpaired) electrons. The Labute approximate surface area is 135 Å². The molecular weight excluding hydrogens is 326 g/mol. The zero-order valence-corrected chi connectivity index (χ0v) is 15.3. The fraction of sp³-hybridized carbons (Fsp3) is 1.00. The van der Waals surface area contributed by atoms with Crippen LogP contribution in [0.3, 0.4) is 0 Å². The molecular formula is C14H32BrNO2S. The molecule has 5 heteroatoms. The van der Waals surface area contributed by atoms with Gasteiger partial charge in [-0.15, -0.1) is 0 Å². The zero-order valence-electron chi connectivity index (χ0n) is 12.9. The maximum atomic E-state index is 5.61. The Morgan fingerprint density at radius 1 is 0.842 bits per heavy atom. The van der Waals surface area contributed by atoms with Gasteiger partial charge in [-0.2, -0.15) is 12.6 Å². The van der Waals surface area contributed by atoms with E-state index in [1.54, 1.807) is 0 Å². The van der Waals surface area contributed by atoms with Crippen molar-refractivity contribution in [2.45, 2.75) is 33.1 Å². The molecule has 0 N–H and O–H groups in total. The third kappa shape index (κ3) is 13.4. The van der Waals surface area contributed by atoms with E-state index in [9.17, 15) is 0 Å². The lowest BCUT2D eigenvalue weighted by Crippen LogP contribution is -3.00. The first-order valence-electron chi connectivity index (χ1n) is 7.28. The van der Waals surface area contributed by atoms with E-state index >= 15 is 0 Å². The second kappa shape index (κ2) is 15.1. The van der Waals surface area contributed by atoms with E-state index in [-0.39, 0.29) is 17.0 Å². The molecule has 0 saturated heterocycles. The van der Waals surface area contributed by atoms with E-state index in [2.05, 4.69) is 33.5 Å². The molecule has 0 atom stereocenters. The van der Waals surface area contributed by atoms with E-state index < -0.39 is 0 Å². The number of quaternary nitrogens is 1. The topological polar surface area (TPSA) is 18.5 Å². The Morgan fingerprint density at radius 3 is 1.68 bits per heavy atom. The molecule has 0 bridgehead atoms. The predicted molar refractivity (Wildman–Crippen MR) is 81.5 cm³/mol. The van der Waals surface area contributed by atoms with Gasteiger partial charge in [0.1, 0.15) is 13.1 Å². The highest BCUT2D eigenvalue weighted by Gasteiger charge is 2.20. The van der Waals surface area contributed by atoms with Crippen LogP contribution in [0.1, 0.15) is 33.1 Å².